The van der Waals surface area contributed by atoms with Crippen LogP contribution in [-0.2, 0) is 57.4 Å². The highest BCUT2D eigenvalue weighted by molar-refractivity contribution is 7.91. The maximum atomic E-state index is 14.6. The Morgan fingerprint density at radius 1 is 0.467 bits per heavy atom. The standard InChI is InChI=1S/C29H36FN5O5S.C28H32F3N5O4S.C23H24F2N6O4S.C23H31N5O3S/c1-18(2)15-39-21-13-19(12-20(30)14-21)23-11-10-22(26(32-23)35-16-29(5,6)40-17-28(35,3)4)27(36)34-41(37,38)25-9-7-8-24(31)33-25;1-16(2)40-20-12-18(11-19(13-20)28(29,30)31)22-10-9-21(25(33-22)36-15-17(3)14-27(36,4)5)26(37)35-41(38,39)24-8-6-7-23(32)34-24;1-13-6-7-14(2)31(13)21-16(22(32)30-36(33,34)20-5-3-4-18(26)29-20)9-10-17(28-21)15-8-11-19(27-12-15)35-23(24)25;1-15-13-23(2,3)28(14-15)21-18(12-11-17(25-21)10-9-16-7-8-16)22(29)27-32(30,31)20-6-4-5-19(24)26-20/h7-14,18H,15-17H2,1-6H3,(H2,31,33)(H,34,36);6-13,16-17H,14-15H2,1-5H3,(H2,32,34)(H,35,37);3-5,8-14,23H,6-7H2,1-2H3,(H2,26,29)(H,30,32);4-6,11-12,15-16H,7-10,13-14H2,1-3H3,(H2,24,26)(H,27,29)/t;17-;13-,14+;15-/m.0.0/s1. The molecule has 13 heterocycles. The number of hydrogen-bond donors (Lipinski definition) is 8. The Balaban J connectivity index is 0.000000167. The molecule has 9 aromatic heterocycles. The van der Waals surface area contributed by atoms with Gasteiger partial charge in [-0.15, -0.1) is 0 Å². The number of amides is 4. The Hall–Kier alpha value is -14.2. The lowest BCUT2D eigenvalue weighted by Crippen LogP contribution is -2.60. The van der Waals surface area contributed by atoms with Crippen molar-refractivity contribution in [1.82, 2.24) is 63.7 Å². The Kier molecular flexibility index (Phi) is 34.1. The van der Waals surface area contributed by atoms with Gasteiger partial charge in [-0.3, -0.25) is 19.2 Å². The fourth-order valence-electron chi connectivity index (χ4n) is 18.0. The molecule has 47 heteroatoms. The average Bonchev–Trinajstić information content (AvgIpc) is 1.74. The van der Waals surface area contributed by atoms with Crippen LogP contribution in [0.25, 0.3) is 33.8 Å². The van der Waals surface area contributed by atoms with Crippen LogP contribution in [0, 0.1) is 29.5 Å². The van der Waals surface area contributed by atoms with E-state index in [0.29, 0.717) is 72.1 Å². The second kappa shape index (κ2) is 45.3. The normalized spacial score (nSPS) is 17.8. The Morgan fingerprint density at radius 3 is 1.27 bits per heavy atom. The van der Waals surface area contributed by atoms with E-state index >= 15 is 0 Å². The molecule has 0 bridgehead atoms. The third-order valence-corrected chi connectivity index (χ3v) is 30.0. The van der Waals surface area contributed by atoms with Crippen LogP contribution in [0.15, 0.2) is 196 Å². The molecule has 1 saturated carbocycles. The zero-order valence-corrected chi connectivity index (χ0v) is 88.9. The molecule has 4 atom stereocenters. The first-order chi connectivity index (χ1) is 70.1. The number of nitrogens with one attached hydrogen (secondary N) is 4. The number of halogens is 6. The second-order valence-electron chi connectivity index (χ2n) is 40.8. The summed E-state index contributed by atoms with van der Waals surface area (Å²) >= 11 is 0. The minimum Gasteiger partial charge on any atom is -0.493 e. The summed E-state index contributed by atoms with van der Waals surface area (Å²) < 4.78 is 214. The molecule has 11 aromatic rings. The van der Waals surface area contributed by atoms with Crippen molar-refractivity contribution in [3.05, 3.63) is 215 Å². The molecule has 1 aliphatic carbocycles. The Morgan fingerprint density at radius 2 is 0.873 bits per heavy atom. The summed E-state index contributed by atoms with van der Waals surface area (Å²) in [5, 5.41) is -1.51. The van der Waals surface area contributed by atoms with Gasteiger partial charge in [-0.2, -0.15) is 55.6 Å². The van der Waals surface area contributed by atoms with Gasteiger partial charge in [-0.25, -0.2) is 68.1 Å². The maximum absolute atomic E-state index is 14.6. The molecule has 0 unspecified atom stereocenters. The lowest BCUT2D eigenvalue weighted by Gasteiger charge is -2.49. The van der Waals surface area contributed by atoms with Crippen molar-refractivity contribution in [3.8, 4) is 51.2 Å². The number of rotatable bonds is 29. The number of benzene rings is 2. The van der Waals surface area contributed by atoms with Crippen molar-refractivity contribution in [3.63, 3.8) is 0 Å². The van der Waals surface area contributed by atoms with E-state index in [1.807, 2.05) is 106 Å². The first-order valence-corrected chi connectivity index (χ1v) is 54.3. The van der Waals surface area contributed by atoms with Crippen molar-refractivity contribution in [1.29, 1.82) is 0 Å². The third kappa shape index (κ3) is 28.5. The van der Waals surface area contributed by atoms with Gasteiger partial charge in [0.05, 0.1) is 75.4 Å². The average molecular weight is 2150 g/mol. The molecule has 150 heavy (non-hydrogen) atoms. The van der Waals surface area contributed by atoms with Gasteiger partial charge in [0.15, 0.2) is 20.1 Å². The van der Waals surface area contributed by atoms with E-state index in [2.05, 4.69) is 74.7 Å². The number of ether oxygens (including phenoxy) is 4. The first-order valence-electron chi connectivity index (χ1n) is 48.3. The predicted molar refractivity (Wildman–Crippen MR) is 555 cm³/mol. The maximum Gasteiger partial charge on any atom is 0.416 e. The number of aryl methyl sites for hydroxylation is 1. The second-order valence-corrected chi connectivity index (χ2v) is 47.4. The van der Waals surface area contributed by atoms with E-state index in [1.54, 1.807) is 32.0 Å². The van der Waals surface area contributed by atoms with E-state index in [9.17, 15) is 79.2 Å². The van der Waals surface area contributed by atoms with Gasteiger partial charge in [0, 0.05) is 83.5 Å². The van der Waals surface area contributed by atoms with Crippen LogP contribution >= 0.6 is 0 Å². The third-order valence-electron chi connectivity index (χ3n) is 25.1. The highest BCUT2D eigenvalue weighted by atomic mass is 32.2. The highest BCUT2D eigenvalue weighted by Crippen LogP contribution is 2.45. The van der Waals surface area contributed by atoms with Crippen LogP contribution in [-0.4, -0.2) is 182 Å². The van der Waals surface area contributed by atoms with E-state index in [4.69, 9.17) is 47.1 Å². The van der Waals surface area contributed by atoms with E-state index < -0.39 is 115 Å². The van der Waals surface area contributed by atoms with Crippen molar-refractivity contribution in [2.24, 2.45) is 23.7 Å². The summed E-state index contributed by atoms with van der Waals surface area (Å²) in [5.41, 5.74) is 22.9. The SMILES string of the molecule is CC(C)COc1cc(F)cc(-c2ccc(C(=O)NS(=O)(=O)c3cccc(N)n3)c(N3CC(C)(C)OCC3(C)C)n2)c1.CC(C)Oc1cc(-c2ccc(C(=O)NS(=O)(=O)c3cccc(N)n3)c(N3C[C@@H](C)CC3(C)C)n2)cc(C(F)(F)F)c1.C[C@@H]1CC[C@H](C)N1c1nc(-c2ccc(OC(F)F)nc2)ccc1C(=O)NS(=O)(=O)c1cccc(N)n1.C[C@@H]1CN(c2nc(CCC3CC3)ccc2C(=O)NS(=O)(=O)c2cccc(N)n2)C(C)(C)C1. The van der Waals surface area contributed by atoms with E-state index in [0.717, 1.165) is 68.8 Å². The van der Waals surface area contributed by atoms with Crippen molar-refractivity contribution in [2.45, 2.75) is 235 Å². The molecular weight excluding hydrogens is 2030 g/mol. The molecule has 16 rings (SSSR count). The van der Waals surface area contributed by atoms with Gasteiger partial charge < -0.3 is 61.5 Å². The molecule has 37 nitrogen and oxygen atoms in total. The largest absolute Gasteiger partial charge is 0.493 e. The zero-order chi connectivity index (χ0) is 110. The quantitative estimate of drug-likeness (QED) is 0.0202. The van der Waals surface area contributed by atoms with E-state index in [-0.39, 0.29) is 126 Å². The fraction of sp³-hybridized carbons (Fsp3) is 0.408. The van der Waals surface area contributed by atoms with Gasteiger partial charge >= 0.3 is 12.8 Å². The molecule has 0 spiro atoms. The number of nitrogen functional groups attached to an aromatic ring is 4. The number of nitrogens with two attached hydrogens (primary N) is 4. The number of pyridine rings is 9. The summed E-state index contributed by atoms with van der Waals surface area (Å²) in [7, 11) is -17.2. The number of sulfonamides is 4. The van der Waals surface area contributed by atoms with Gasteiger partial charge in [0.1, 0.15) is 63.9 Å². The molecule has 0 radical (unpaired) electrons. The summed E-state index contributed by atoms with van der Waals surface area (Å²) in [6, 6.07) is 39.3. The van der Waals surface area contributed by atoms with Crippen LogP contribution in [0.1, 0.15) is 208 Å². The number of aromatic nitrogens is 9. The van der Waals surface area contributed by atoms with Gasteiger partial charge in [0.2, 0.25) is 5.88 Å². The molecule has 12 N–H and O–H groups in total. The Labute approximate surface area is 867 Å². The summed E-state index contributed by atoms with van der Waals surface area (Å²) in [4.78, 5) is 99.2. The number of nitrogens with zero attached hydrogens (tertiary/aromatic N) is 13. The Bertz CT molecular complexity index is 7330. The van der Waals surface area contributed by atoms with Crippen LogP contribution in [0.3, 0.4) is 0 Å². The molecule has 5 fully saturated rings. The van der Waals surface area contributed by atoms with Crippen molar-refractivity contribution >= 4 is 110 Å². The van der Waals surface area contributed by atoms with Gasteiger partial charge in [-0.05, 0) is 279 Å². The van der Waals surface area contributed by atoms with E-state index in [1.165, 1.54) is 152 Å². The number of anilines is 8. The fourth-order valence-corrected chi connectivity index (χ4v) is 21.7. The molecule has 2 aromatic carbocycles. The molecule has 4 amide bonds. The molecule has 4 aliphatic heterocycles. The first kappa shape index (κ1) is 113. The molecular formula is C103H123F6N21O16S4. The number of carbonyl (C=O) groups is 4. The van der Waals surface area contributed by atoms with Crippen LogP contribution in [0.4, 0.5) is 72.9 Å². The predicted octanol–water partition coefficient (Wildman–Crippen LogP) is 16.1. The summed E-state index contributed by atoms with van der Waals surface area (Å²) in [6.45, 7) is 30.8. The van der Waals surface area contributed by atoms with Crippen LogP contribution in [0.2, 0.25) is 0 Å². The monoisotopic (exact) mass is 2150 g/mol. The summed E-state index contributed by atoms with van der Waals surface area (Å²) in [6.07, 6.45) is 4.27. The molecule has 4 saturated heterocycles. The molecule has 802 valence electrons. The lowest BCUT2D eigenvalue weighted by molar-refractivity contribution is -0.137. The smallest absolute Gasteiger partial charge is 0.416 e. The highest BCUT2D eigenvalue weighted by Gasteiger charge is 2.46. The van der Waals surface area contributed by atoms with Crippen molar-refractivity contribution in [2.75, 3.05) is 75.4 Å². The van der Waals surface area contributed by atoms with Crippen LogP contribution in [0.5, 0.6) is 17.4 Å². The summed E-state index contributed by atoms with van der Waals surface area (Å²) in [5.74, 6) is -0.920. The lowest BCUT2D eigenvalue weighted by atomic mass is 9.95. The minimum atomic E-state index is -4.64. The topological polar surface area (TPSA) is 523 Å². The molecule has 5 aliphatic rings. The van der Waals surface area contributed by atoms with Gasteiger partial charge in [-0.1, -0.05) is 64.8 Å². The number of morpholine rings is 1. The van der Waals surface area contributed by atoms with Gasteiger partial charge in [0.25, 0.3) is 63.7 Å². The van der Waals surface area contributed by atoms with Crippen LogP contribution < -0.4 is 75.6 Å². The number of alkyl halides is 5. The van der Waals surface area contributed by atoms with Crippen molar-refractivity contribution < 1.29 is 98.1 Å². The minimum absolute atomic E-state index is 0.00355. The zero-order valence-electron chi connectivity index (χ0n) is 85.6. The number of carbonyl (C=O) groups excluding carboxylic acids is 4. The number of hydrogen-bond acceptors (Lipinski definition) is 33.